The predicted molar refractivity (Wildman–Crippen MR) is 173 cm³/mol. The van der Waals surface area contributed by atoms with Gasteiger partial charge < -0.3 is 4.90 Å². The highest BCUT2D eigenvalue weighted by atomic mass is 32.2. The highest BCUT2D eigenvalue weighted by Gasteiger charge is 2.32. The third-order valence-corrected chi connectivity index (χ3v) is 9.13. The van der Waals surface area contributed by atoms with Crippen molar-refractivity contribution in [2.24, 2.45) is 4.99 Å². The van der Waals surface area contributed by atoms with Crippen LogP contribution >= 0.6 is 23.5 Å². The van der Waals surface area contributed by atoms with Crippen LogP contribution in [-0.2, 0) is 4.79 Å². The van der Waals surface area contributed by atoms with Crippen molar-refractivity contribution in [1.29, 1.82) is 0 Å². The Morgan fingerprint density at radius 3 is 2.17 bits per heavy atom. The van der Waals surface area contributed by atoms with Gasteiger partial charge in [-0.1, -0.05) is 96.7 Å². The van der Waals surface area contributed by atoms with Crippen LogP contribution in [0.2, 0.25) is 0 Å². The van der Waals surface area contributed by atoms with Gasteiger partial charge in [-0.25, -0.2) is 4.99 Å². The van der Waals surface area contributed by atoms with Crippen LogP contribution in [0.15, 0.2) is 123 Å². The number of hydrogen-bond donors (Lipinski definition) is 0. The van der Waals surface area contributed by atoms with E-state index in [-0.39, 0.29) is 5.91 Å². The first kappa shape index (κ1) is 26.2. The Kier molecular flexibility index (Phi) is 7.62. The molecular weight excluding hydrogens is 531 g/mol. The lowest BCUT2D eigenvalue weighted by molar-refractivity contribution is -0.122. The zero-order valence-electron chi connectivity index (χ0n) is 22.5. The van der Waals surface area contributed by atoms with E-state index >= 15 is 0 Å². The summed E-state index contributed by atoms with van der Waals surface area (Å²) in [6.45, 7) is 5.58. The zero-order chi connectivity index (χ0) is 27.5. The lowest BCUT2D eigenvalue weighted by Crippen LogP contribution is -2.28. The molecule has 1 fully saturated rings. The zero-order valence-corrected chi connectivity index (χ0v) is 24.1. The number of benzene rings is 4. The molecule has 40 heavy (non-hydrogen) atoms. The number of hydrogen-bond acceptors (Lipinski definition) is 5. The number of fused-ring (bicyclic) bond motifs is 3. The molecule has 6 heteroatoms. The van der Waals surface area contributed by atoms with Gasteiger partial charge in [-0.15, -0.1) is 0 Å². The Balaban J connectivity index is 1.22. The van der Waals surface area contributed by atoms with Crippen LogP contribution in [0.4, 0.5) is 11.4 Å². The Hall–Kier alpha value is -4.00. The molecule has 2 aliphatic heterocycles. The summed E-state index contributed by atoms with van der Waals surface area (Å²) in [5.74, 6) is -0.000441. The van der Waals surface area contributed by atoms with E-state index in [0.29, 0.717) is 16.6 Å². The maximum atomic E-state index is 13.3. The molecular formula is C34H29N3OS2. The van der Waals surface area contributed by atoms with E-state index in [9.17, 15) is 4.79 Å². The maximum Gasteiger partial charge on any atom is 0.266 e. The quantitative estimate of drug-likeness (QED) is 0.174. The minimum Gasteiger partial charge on any atom is -0.335 e. The number of rotatable bonds is 6. The summed E-state index contributed by atoms with van der Waals surface area (Å²) in [7, 11) is 0. The lowest BCUT2D eigenvalue weighted by Gasteiger charge is -2.17. The van der Waals surface area contributed by atoms with Crippen LogP contribution in [0.3, 0.4) is 0 Å². The lowest BCUT2D eigenvalue weighted by atomic mass is 10.1. The van der Waals surface area contributed by atoms with E-state index in [4.69, 9.17) is 4.99 Å². The number of amides is 1. The van der Waals surface area contributed by atoms with Gasteiger partial charge in [0.2, 0.25) is 0 Å². The standard InChI is InChI=1S/C34H29N3OS2/c1-3-36-29-21-18-26-12-8-9-13-28(26)32(29)40-31(36)23-22-30-33(38)37(4-2)34(39-30)35-27-19-16-25(17-20-27)15-14-24-10-6-5-7-11-24/h5-23H,3-4H2,1-2H3/b15-14-,30-22-,31-23-,35-34?. The molecule has 0 bridgehead atoms. The molecule has 4 aromatic rings. The Labute approximate surface area is 243 Å². The van der Waals surface area contributed by atoms with Crippen molar-refractivity contribution in [3.8, 4) is 0 Å². The van der Waals surface area contributed by atoms with Crippen molar-refractivity contribution in [3.05, 3.63) is 124 Å². The Morgan fingerprint density at radius 1 is 0.725 bits per heavy atom. The molecule has 6 rings (SSSR count). The normalized spacial score (nSPS) is 18.2. The van der Waals surface area contributed by atoms with Crippen molar-refractivity contribution in [1.82, 2.24) is 4.90 Å². The molecule has 0 unspecified atom stereocenters. The van der Waals surface area contributed by atoms with Gasteiger partial charge in [0.1, 0.15) is 0 Å². The second kappa shape index (κ2) is 11.6. The second-order valence-electron chi connectivity index (χ2n) is 9.40. The van der Waals surface area contributed by atoms with E-state index in [2.05, 4.69) is 90.7 Å². The van der Waals surface area contributed by atoms with E-state index in [1.807, 2.05) is 43.3 Å². The molecule has 1 amide bonds. The molecule has 0 N–H and O–H groups in total. The molecule has 0 atom stereocenters. The molecule has 4 aromatic carbocycles. The van der Waals surface area contributed by atoms with Crippen molar-refractivity contribution < 1.29 is 4.79 Å². The number of thioether (sulfide) groups is 2. The van der Waals surface area contributed by atoms with Gasteiger partial charge >= 0.3 is 0 Å². The van der Waals surface area contributed by atoms with E-state index in [1.165, 1.54) is 33.1 Å². The minimum absolute atomic E-state index is 0.000441. The summed E-state index contributed by atoms with van der Waals surface area (Å²) in [4.78, 5) is 24.1. The SMILES string of the molecule is CCN1C(=O)/C(=C/C=C2\Sc3c(ccc4ccccc34)N2CC)SC1=Nc1ccc(/C=C\c2ccccc2)cc1. The largest absolute Gasteiger partial charge is 0.335 e. The van der Waals surface area contributed by atoms with Gasteiger partial charge in [-0.05, 0) is 77.9 Å². The minimum atomic E-state index is -0.000441. The fourth-order valence-corrected chi connectivity index (χ4v) is 7.10. The molecule has 2 heterocycles. The molecule has 0 aliphatic carbocycles. The topological polar surface area (TPSA) is 35.9 Å². The van der Waals surface area contributed by atoms with E-state index < -0.39 is 0 Å². The van der Waals surface area contributed by atoms with Gasteiger partial charge in [0.15, 0.2) is 5.17 Å². The number of aliphatic imine (C=N–C) groups is 1. The molecule has 0 saturated carbocycles. The third kappa shape index (κ3) is 5.25. The highest BCUT2D eigenvalue weighted by Crippen LogP contribution is 2.49. The van der Waals surface area contributed by atoms with E-state index in [1.54, 1.807) is 16.7 Å². The van der Waals surface area contributed by atoms with Gasteiger partial charge in [0, 0.05) is 18.0 Å². The van der Waals surface area contributed by atoms with Crippen LogP contribution in [0.1, 0.15) is 25.0 Å². The molecule has 198 valence electrons. The number of likely N-dealkylation sites (N-methyl/N-ethyl adjacent to an activating group) is 1. The number of carbonyl (C=O) groups excluding carboxylic acids is 1. The van der Waals surface area contributed by atoms with Crippen LogP contribution in [0, 0.1) is 0 Å². The monoisotopic (exact) mass is 559 g/mol. The van der Waals surface area contributed by atoms with Gasteiger partial charge in [-0.3, -0.25) is 9.69 Å². The number of nitrogens with zero attached hydrogens (tertiary/aromatic N) is 3. The summed E-state index contributed by atoms with van der Waals surface area (Å²) in [6.07, 6.45) is 8.22. The van der Waals surface area contributed by atoms with Crippen molar-refractivity contribution in [2.75, 3.05) is 18.0 Å². The molecule has 0 radical (unpaired) electrons. The molecule has 0 spiro atoms. The first-order valence-electron chi connectivity index (χ1n) is 13.5. The third-order valence-electron chi connectivity index (χ3n) is 6.91. The number of allylic oxidation sites excluding steroid dienone is 2. The molecule has 4 nitrogen and oxygen atoms in total. The Morgan fingerprint density at radius 2 is 1.43 bits per heavy atom. The first-order valence-corrected chi connectivity index (χ1v) is 15.1. The van der Waals surface area contributed by atoms with Crippen molar-refractivity contribution in [3.63, 3.8) is 0 Å². The summed E-state index contributed by atoms with van der Waals surface area (Å²) >= 11 is 3.21. The second-order valence-corrected chi connectivity index (χ2v) is 11.4. The van der Waals surface area contributed by atoms with Gasteiger partial charge in [-0.2, -0.15) is 0 Å². The fourth-order valence-electron chi connectivity index (χ4n) is 4.84. The molecule has 1 saturated heterocycles. The number of anilines is 1. The fraction of sp³-hybridized carbons (Fsp3) is 0.118. The Bertz CT molecular complexity index is 1690. The van der Waals surface area contributed by atoms with Crippen LogP contribution in [-0.4, -0.2) is 29.1 Å². The van der Waals surface area contributed by atoms with Crippen LogP contribution in [0.5, 0.6) is 0 Å². The van der Waals surface area contributed by atoms with Crippen LogP contribution in [0.25, 0.3) is 22.9 Å². The highest BCUT2D eigenvalue weighted by molar-refractivity contribution is 8.18. The summed E-state index contributed by atoms with van der Waals surface area (Å²) in [5.41, 5.74) is 4.32. The maximum absolute atomic E-state index is 13.3. The number of carbonyl (C=O) groups is 1. The van der Waals surface area contributed by atoms with Gasteiger partial charge in [0.25, 0.3) is 5.91 Å². The smallest absolute Gasteiger partial charge is 0.266 e. The predicted octanol–water partition coefficient (Wildman–Crippen LogP) is 8.95. The number of amidine groups is 1. The van der Waals surface area contributed by atoms with E-state index in [0.717, 1.165) is 28.4 Å². The van der Waals surface area contributed by atoms with Crippen molar-refractivity contribution in [2.45, 2.75) is 18.7 Å². The summed E-state index contributed by atoms with van der Waals surface area (Å²) < 4.78 is 0. The summed E-state index contributed by atoms with van der Waals surface area (Å²) in [5, 5.41) is 4.34. The van der Waals surface area contributed by atoms with Gasteiger partial charge in [0.05, 0.1) is 21.3 Å². The van der Waals surface area contributed by atoms with Crippen LogP contribution < -0.4 is 4.90 Å². The summed E-state index contributed by atoms with van der Waals surface area (Å²) in [6, 6.07) is 31.2. The molecule has 0 aromatic heterocycles. The average Bonchev–Trinajstić information content (AvgIpc) is 3.52. The molecule has 2 aliphatic rings. The first-order chi connectivity index (χ1) is 19.6. The average molecular weight is 560 g/mol. The van der Waals surface area contributed by atoms with Crippen molar-refractivity contribution >= 4 is 68.9 Å².